The van der Waals surface area contributed by atoms with Crippen LogP contribution < -0.4 is 4.72 Å². The van der Waals surface area contributed by atoms with E-state index in [0.29, 0.717) is 12.2 Å². The molecule has 0 rings (SSSR count). The summed E-state index contributed by atoms with van der Waals surface area (Å²) >= 11 is 0. The first-order valence-electron chi connectivity index (χ1n) is 4.75. The molecule has 0 fully saturated rings. The van der Waals surface area contributed by atoms with E-state index in [2.05, 4.69) is 4.72 Å². The van der Waals surface area contributed by atoms with Crippen molar-refractivity contribution in [3.63, 3.8) is 0 Å². The Bertz CT molecular complexity index is 351. The number of rotatable bonds is 8. The van der Waals surface area contributed by atoms with E-state index in [1.165, 1.54) is 0 Å². The van der Waals surface area contributed by atoms with Crippen molar-refractivity contribution >= 4 is 26.8 Å². The van der Waals surface area contributed by atoms with Crippen molar-refractivity contribution in [1.29, 1.82) is 0 Å². The molecule has 0 aromatic carbocycles. The molecule has 0 saturated carbocycles. The smallest absolute Gasteiger partial charge is 0.304 e. The topological polar surface area (TPSA) is 101 Å². The molecule has 2 N–H and O–H groups in total. The van der Waals surface area contributed by atoms with Gasteiger partial charge >= 0.3 is 5.97 Å². The first-order chi connectivity index (χ1) is 7.23. The van der Waals surface area contributed by atoms with Crippen LogP contribution in [-0.2, 0) is 25.6 Å². The number of sulfonamides is 1. The van der Waals surface area contributed by atoms with Gasteiger partial charge in [-0.3, -0.25) is 9.00 Å². The van der Waals surface area contributed by atoms with Crippen LogP contribution in [0.25, 0.3) is 0 Å². The zero-order valence-corrected chi connectivity index (χ0v) is 10.9. The molecule has 0 aromatic heterocycles. The van der Waals surface area contributed by atoms with Crippen LogP contribution in [0.3, 0.4) is 0 Å². The van der Waals surface area contributed by atoms with E-state index >= 15 is 0 Å². The molecule has 6 nitrogen and oxygen atoms in total. The van der Waals surface area contributed by atoms with Gasteiger partial charge < -0.3 is 5.11 Å². The molecular weight excluding hydrogens is 254 g/mol. The minimum absolute atomic E-state index is 0.331. The average Bonchev–Trinajstić information content (AvgIpc) is 2.11. The summed E-state index contributed by atoms with van der Waals surface area (Å²) in [6.45, 7) is 1.66. The fourth-order valence-electron chi connectivity index (χ4n) is 0.989. The van der Waals surface area contributed by atoms with Gasteiger partial charge in [-0.25, -0.2) is 13.1 Å². The third-order valence-corrected chi connectivity index (χ3v) is 4.12. The number of hydrogen-bond acceptors (Lipinski definition) is 4. The van der Waals surface area contributed by atoms with Gasteiger partial charge in [0.05, 0.1) is 12.2 Å². The summed E-state index contributed by atoms with van der Waals surface area (Å²) in [5.74, 6) is -1.16. The maximum absolute atomic E-state index is 11.3. The fraction of sp³-hybridized carbons (Fsp3) is 0.875. The molecule has 0 saturated heterocycles. The normalized spacial score (nSPS) is 15.6. The molecule has 0 aliphatic rings. The Morgan fingerprint density at radius 3 is 2.50 bits per heavy atom. The SMILES string of the molecule is CC(CCS(C)=O)NS(=O)(=O)CCC(=O)O. The molecule has 0 spiro atoms. The molecule has 16 heavy (non-hydrogen) atoms. The molecule has 0 amide bonds. The molecule has 2 atom stereocenters. The monoisotopic (exact) mass is 271 g/mol. The van der Waals surface area contributed by atoms with Crippen molar-refractivity contribution in [3.8, 4) is 0 Å². The van der Waals surface area contributed by atoms with E-state index < -0.39 is 39.0 Å². The van der Waals surface area contributed by atoms with Crippen molar-refractivity contribution < 1.29 is 22.5 Å². The van der Waals surface area contributed by atoms with Gasteiger partial charge in [0.2, 0.25) is 10.0 Å². The van der Waals surface area contributed by atoms with Gasteiger partial charge in [-0.05, 0) is 13.3 Å². The van der Waals surface area contributed by atoms with E-state index in [9.17, 15) is 17.4 Å². The van der Waals surface area contributed by atoms with Gasteiger partial charge in [-0.15, -0.1) is 0 Å². The maximum atomic E-state index is 11.3. The summed E-state index contributed by atoms with van der Waals surface area (Å²) in [5, 5.41) is 8.35. The van der Waals surface area contributed by atoms with Gasteiger partial charge in [0.1, 0.15) is 0 Å². The quantitative estimate of drug-likeness (QED) is 0.622. The minimum Gasteiger partial charge on any atom is -0.481 e. The van der Waals surface area contributed by atoms with Crippen molar-refractivity contribution in [2.45, 2.75) is 25.8 Å². The zero-order chi connectivity index (χ0) is 12.8. The van der Waals surface area contributed by atoms with Crippen molar-refractivity contribution in [1.82, 2.24) is 4.72 Å². The third kappa shape index (κ3) is 8.81. The Morgan fingerprint density at radius 1 is 1.50 bits per heavy atom. The minimum atomic E-state index is -3.55. The van der Waals surface area contributed by atoms with Crippen molar-refractivity contribution in [2.24, 2.45) is 0 Å². The number of aliphatic carboxylic acids is 1. The lowest BCUT2D eigenvalue weighted by Crippen LogP contribution is -2.35. The van der Waals surface area contributed by atoms with E-state index in [0.717, 1.165) is 0 Å². The number of carboxylic acid groups (broad SMARTS) is 1. The van der Waals surface area contributed by atoms with E-state index in [-0.39, 0.29) is 6.04 Å². The van der Waals surface area contributed by atoms with Crippen LogP contribution in [0.15, 0.2) is 0 Å². The van der Waals surface area contributed by atoms with Gasteiger partial charge in [0, 0.05) is 28.9 Å². The highest BCUT2D eigenvalue weighted by Gasteiger charge is 2.16. The largest absolute Gasteiger partial charge is 0.481 e. The van der Waals surface area contributed by atoms with E-state index in [1.807, 2.05) is 0 Å². The number of nitrogens with one attached hydrogen (secondary N) is 1. The summed E-state index contributed by atoms with van der Waals surface area (Å²) in [6.07, 6.45) is 1.60. The van der Waals surface area contributed by atoms with E-state index in [4.69, 9.17) is 5.11 Å². The highest BCUT2D eigenvalue weighted by molar-refractivity contribution is 7.89. The second-order valence-corrected chi connectivity index (χ2v) is 6.98. The highest BCUT2D eigenvalue weighted by Crippen LogP contribution is 1.98. The molecule has 96 valence electrons. The molecule has 0 aliphatic heterocycles. The van der Waals surface area contributed by atoms with Gasteiger partial charge in [0.25, 0.3) is 0 Å². The second-order valence-electron chi connectivity index (χ2n) is 3.55. The molecule has 8 heteroatoms. The second kappa shape index (κ2) is 6.97. The Balaban J connectivity index is 4.05. The predicted octanol–water partition coefficient (Wildman–Crippen LogP) is -0.462. The van der Waals surface area contributed by atoms with Crippen LogP contribution in [0.1, 0.15) is 19.8 Å². The third-order valence-electron chi connectivity index (χ3n) is 1.80. The van der Waals surface area contributed by atoms with Crippen LogP contribution in [-0.4, -0.2) is 47.5 Å². The highest BCUT2D eigenvalue weighted by atomic mass is 32.2. The standard InChI is InChI=1S/C8H17NO5S2/c1-7(3-5-15(2)12)9-16(13,14)6-4-8(10)11/h7,9H,3-6H2,1-2H3,(H,10,11). The first kappa shape index (κ1) is 15.5. The van der Waals surface area contributed by atoms with Crippen LogP contribution in [0, 0.1) is 0 Å². The Kier molecular flexibility index (Phi) is 6.77. The molecular formula is C8H17NO5S2. The molecule has 0 heterocycles. The Labute approximate surface area is 97.9 Å². The average molecular weight is 271 g/mol. The van der Waals surface area contributed by atoms with Gasteiger partial charge in [-0.1, -0.05) is 0 Å². The zero-order valence-electron chi connectivity index (χ0n) is 9.30. The molecule has 0 radical (unpaired) electrons. The summed E-state index contributed by atoms with van der Waals surface area (Å²) in [4.78, 5) is 10.2. The summed E-state index contributed by atoms with van der Waals surface area (Å²) in [7, 11) is -4.51. The Morgan fingerprint density at radius 2 is 2.06 bits per heavy atom. The summed E-state index contributed by atoms with van der Waals surface area (Å²) in [5.41, 5.74) is 0. The van der Waals surface area contributed by atoms with E-state index in [1.54, 1.807) is 13.2 Å². The summed E-state index contributed by atoms with van der Waals surface area (Å²) in [6, 6.07) is -0.331. The van der Waals surface area contributed by atoms with Crippen molar-refractivity contribution in [2.75, 3.05) is 17.8 Å². The molecule has 0 aliphatic carbocycles. The summed E-state index contributed by atoms with van der Waals surface area (Å²) < 4.78 is 35.8. The van der Waals surface area contributed by atoms with Crippen LogP contribution in [0.4, 0.5) is 0 Å². The Hall–Kier alpha value is -0.470. The molecule has 0 aromatic rings. The number of carbonyl (C=O) groups is 1. The van der Waals surface area contributed by atoms with Crippen LogP contribution >= 0.6 is 0 Å². The predicted molar refractivity (Wildman–Crippen MR) is 62.2 cm³/mol. The maximum Gasteiger partial charge on any atom is 0.304 e. The van der Waals surface area contributed by atoms with Crippen molar-refractivity contribution in [3.05, 3.63) is 0 Å². The lowest BCUT2D eigenvalue weighted by Gasteiger charge is -2.12. The number of hydrogen-bond donors (Lipinski definition) is 2. The first-order valence-corrected chi connectivity index (χ1v) is 8.12. The number of carboxylic acids is 1. The van der Waals surface area contributed by atoms with Gasteiger partial charge in [0.15, 0.2) is 0 Å². The van der Waals surface area contributed by atoms with Gasteiger partial charge in [-0.2, -0.15) is 0 Å². The van der Waals surface area contributed by atoms with Crippen LogP contribution in [0.5, 0.6) is 0 Å². The fourth-order valence-corrected chi connectivity index (χ4v) is 2.97. The van der Waals surface area contributed by atoms with Crippen LogP contribution in [0.2, 0.25) is 0 Å². The lowest BCUT2D eigenvalue weighted by atomic mass is 10.3. The molecule has 2 unspecified atom stereocenters. The molecule has 0 bridgehead atoms. The lowest BCUT2D eigenvalue weighted by molar-refractivity contribution is -0.136.